The number of hydrogen-bond donors (Lipinski definition) is 1. The zero-order chi connectivity index (χ0) is 5.98. The van der Waals surface area contributed by atoms with E-state index >= 15 is 0 Å². The van der Waals surface area contributed by atoms with Gasteiger partial charge in [-0.15, -0.1) is 0 Å². The van der Waals surface area contributed by atoms with Crippen LogP contribution in [-0.4, -0.2) is 30.6 Å². The summed E-state index contributed by atoms with van der Waals surface area (Å²) in [5, 5.41) is 8.68. The van der Waals surface area contributed by atoms with Gasteiger partial charge in [-0.25, -0.2) is 4.39 Å². The predicted molar refractivity (Wildman–Crippen MR) is 26.3 cm³/mol. The van der Waals surface area contributed by atoms with Crippen molar-refractivity contribution in [2.75, 3.05) is 13.2 Å². The third kappa shape index (κ3) is 1.17. The van der Waals surface area contributed by atoms with Gasteiger partial charge in [-0.1, -0.05) is 0 Å². The Bertz CT molecular complexity index is 66.8. The van der Waals surface area contributed by atoms with Crippen LogP contribution in [-0.2, 0) is 4.74 Å². The third-order valence-electron chi connectivity index (χ3n) is 1.24. The topological polar surface area (TPSA) is 29.5 Å². The maximum absolute atomic E-state index is 12.2. The lowest BCUT2D eigenvalue weighted by Gasteiger charge is -2.20. The minimum absolute atomic E-state index is 0.154. The number of aliphatic hydroxyl groups excluding tert-OH is 1. The van der Waals surface area contributed by atoms with Crippen molar-refractivity contribution in [3.05, 3.63) is 0 Å². The van der Waals surface area contributed by atoms with Crippen LogP contribution in [0.3, 0.4) is 0 Å². The van der Waals surface area contributed by atoms with Crippen molar-refractivity contribution in [1.82, 2.24) is 0 Å². The second-order valence-electron chi connectivity index (χ2n) is 1.95. The average molecular weight is 120 g/mol. The van der Waals surface area contributed by atoms with Crippen molar-refractivity contribution in [2.45, 2.75) is 18.7 Å². The van der Waals surface area contributed by atoms with E-state index in [1.807, 2.05) is 0 Å². The molecular formula is C5H9FO2. The van der Waals surface area contributed by atoms with Crippen LogP contribution in [0.15, 0.2) is 0 Å². The lowest BCUT2D eigenvalue weighted by molar-refractivity contribution is -0.0547. The Kier molecular flexibility index (Phi) is 1.81. The Morgan fingerprint density at radius 1 is 1.62 bits per heavy atom. The van der Waals surface area contributed by atoms with Gasteiger partial charge in [0.15, 0.2) is 0 Å². The van der Waals surface area contributed by atoms with Crippen LogP contribution in [0, 0.1) is 0 Å². The molecule has 1 N–H and O–H groups in total. The minimum Gasteiger partial charge on any atom is -0.388 e. The Labute approximate surface area is 47.3 Å². The molecule has 1 aliphatic rings. The molecule has 0 aromatic heterocycles. The van der Waals surface area contributed by atoms with Crippen LogP contribution >= 0.6 is 0 Å². The Balaban J connectivity index is 2.28. The molecule has 2 atom stereocenters. The first-order valence-corrected chi connectivity index (χ1v) is 2.70. The first kappa shape index (κ1) is 5.98. The van der Waals surface area contributed by atoms with E-state index in [-0.39, 0.29) is 6.61 Å². The molecule has 2 nitrogen and oxygen atoms in total. The molecular weight excluding hydrogens is 111 g/mol. The Morgan fingerprint density at radius 3 is 2.75 bits per heavy atom. The molecule has 1 saturated heterocycles. The van der Waals surface area contributed by atoms with Crippen molar-refractivity contribution >= 4 is 0 Å². The lowest BCUT2D eigenvalue weighted by Crippen LogP contribution is -2.33. The van der Waals surface area contributed by atoms with Crippen molar-refractivity contribution < 1.29 is 14.2 Å². The van der Waals surface area contributed by atoms with E-state index in [1.54, 1.807) is 0 Å². The summed E-state index contributed by atoms with van der Waals surface area (Å²) in [5.74, 6) is 0. The van der Waals surface area contributed by atoms with E-state index in [1.165, 1.54) is 0 Å². The van der Waals surface area contributed by atoms with E-state index in [0.717, 1.165) is 0 Å². The Hall–Kier alpha value is -0.150. The normalized spacial score (nSPS) is 39.8. The van der Waals surface area contributed by atoms with Gasteiger partial charge < -0.3 is 9.84 Å². The fraction of sp³-hybridized carbons (Fsp3) is 1.00. The van der Waals surface area contributed by atoms with E-state index in [9.17, 15) is 4.39 Å². The van der Waals surface area contributed by atoms with Gasteiger partial charge in [0.2, 0.25) is 0 Å². The largest absolute Gasteiger partial charge is 0.388 e. The summed E-state index contributed by atoms with van der Waals surface area (Å²) >= 11 is 0. The molecule has 0 aromatic carbocycles. The van der Waals surface area contributed by atoms with Gasteiger partial charge in [0.05, 0.1) is 6.61 Å². The van der Waals surface area contributed by atoms with Gasteiger partial charge in [0.1, 0.15) is 12.3 Å². The van der Waals surface area contributed by atoms with Crippen LogP contribution in [0.1, 0.15) is 6.42 Å². The number of ether oxygens (including phenoxy) is 1. The summed E-state index contributed by atoms with van der Waals surface area (Å²) in [6.45, 7) is 0.597. The third-order valence-corrected chi connectivity index (χ3v) is 1.24. The van der Waals surface area contributed by atoms with Gasteiger partial charge in [0, 0.05) is 13.0 Å². The lowest BCUT2D eigenvalue weighted by atomic mass is 10.1. The smallest absolute Gasteiger partial charge is 0.130 e. The fourth-order valence-electron chi connectivity index (χ4n) is 0.697. The number of hydrogen-bond acceptors (Lipinski definition) is 2. The highest BCUT2D eigenvalue weighted by atomic mass is 19.1. The summed E-state index contributed by atoms with van der Waals surface area (Å²) in [6, 6.07) is 0. The molecule has 0 amide bonds. The molecule has 0 unspecified atom stereocenters. The molecule has 0 spiro atoms. The van der Waals surface area contributed by atoms with Crippen LogP contribution in [0.5, 0.6) is 0 Å². The molecule has 48 valence electrons. The van der Waals surface area contributed by atoms with Crippen molar-refractivity contribution in [2.24, 2.45) is 0 Å². The van der Waals surface area contributed by atoms with Gasteiger partial charge >= 0.3 is 0 Å². The standard InChI is InChI=1S/C5H9FO2/c6-4-1-2-8-3-5(4)7/h4-5,7H,1-3H2/t4-,5+/m0/s1. The number of rotatable bonds is 0. The molecule has 0 saturated carbocycles. The summed E-state index contributed by atoms with van der Waals surface area (Å²) in [4.78, 5) is 0. The summed E-state index contributed by atoms with van der Waals surface area (Å²) in [5.41, 5.74) is 0. The Morgan fingerprint density at radius 2 is 2.38 bits per heavy atom. The highest BCUT2D eigenvalue weighted by Crippen LogP contribution is 2.09. The van der Waals surface area contributed by atoms with Gasteiger partial charge in [0.25, 0.3) is 0 Å². The zero-order valence-electron chi connectivity index (χ0n) is 4.51. The number of halogens is 1. The molecule has 0 aromatic rings. The summed E-state index contributed by atoms with van der Waals surface area (Å²) in [6.07, 6.45) is -1.62. The fourth-order valence-corrected chi connectivity index (χ4v) is 0.697. The number of aliphatic hydroxyl groups is 1. The predicted octanol–water partition coefficient (Wildman–Crippen LogP) is 0.106. The highest BCUT2D eigenvalue weighted by Gasteiger charge is 2.22. The SMILES string of the molecule is O[C@@H]1COCC[C@@H]1F. The molecule has 1 fully saturated rings. The molecule has 0 bridgehead atoms. The molecule has 1 rings (SSSR count). The minimum atomic E-state index is -1.07. The van der Waals surface area contributed by atoms with Crippen LogP contribution in [0.4, 0.5) is 4.39 Å². The van der Waals surface area contributed by atoms with Crippen LogP contribution < -0.4 is 0 Å². The summed E-state index contributed by atoms with van der Waals surface area (Å²) < 4.78 is 17.0. The first-order valence-electron chi connectivity index (χ1n) is 2.70. The van der Waals surface area contributed by atoms with Gasteiger partial charge in [-0.3, -0.25) is 0 Å². The quantitative estimate of drug-likeness (QED) is 0.491. The summed E-state index contributed by atoms with van der Waals surface area (Å²) in [7, 11) is 0. The van der Waals surface area contributed by atoms with Crippen molar-refractivity contribution in [3.63, 3.8) is 0 Å². The molecule has 1 aliphatic heterocycles. The van der Waals surface area contributed by atoms with E-state index in [4.69, 9.17) is 9.84 Å². The molecule has 1 heterocycles. The van der Waals surface area contributed by atoms with Crippen LogP contribution in [0.2, 0.25) is 0 Å². The number of alkyl halides is 1. The van der Waals surface area contributed by atoms with Crippen molar-refractivity contribution in [1.29, 1.82) is 0 Å². The maximum atomic E-state index is 12.2. The average Bonchev–Trinajstić information content (AvgIpc) is 1.77. The second kappa shape index (κ2) is 2.42. The van der Waals surface area contributed by atoms with Crippen molar-refractivity contribution in [3.8, 4) is 0 Å². The van der Waals surface area contributed by atoms with Gasteiger partial charge in [-0.05, 0) is 0 Å². The van der Waals surface area contributed by atoms with E-state index in [2.05, 4.69) is 0 Å². The molecule has 0 aliphatic carbocycles. The van der Waals surface area contributed by atoms with Crippen LogP contribution in [0.25, 0.3) is 0 Å². The second-order valence-corrected chi connectivity index (χ2v) is 1.95. The zero-order valence-corrected chi connectivity index (χ0v) is 4.51. The molecule has 3 heteroatoms. The first-order chi connectivity index (χ1) is 3.80. The highest BCUT2D eigenvalue weighted by molar-refractivity contribution is 4.70. The van der Waals surface area contributed by atoms with E-state index in [0.29, 0.717) is 13.0 Å². The monoisotopic (exact) mass is 120 g/mol. The van der Waals surface area contributed by atoms with E-state index < -0.39 is 12.3 Å². The maximum Gasteiger partial charge on any atom is 0.130 e. The van der Waals surface area contributed by atoms with Gasteiger partial charge in [-0.2, -0.15) is 0 Å². The molecule has 0 radical (unpaired) electrons. The molecule has 8 heavy (non-hydrogen) atoms.